The number of para-hydroxylation sites is 3. The fourth-order valence-electron chi connectivity index (χ4n) is 8.56. The quantitative estimate of drug-likeness (QED) is 0.174. The second-order valence-electron chi connectivity index (χ2n) is 14.6. The molecule has 0 unspecified atom stereocenters. The fourth-order valence-corrected chi connectivity index (χ4v) is 8.56. The van der Waals surface area contributed by atoms with E-state index in [1.807, 2.05) is 118 Å². The molecule has 2 heterocycles. The summed E-state index contributed by atoms with van der Waals surface area (Å²) in [6.45, 7) is 0. The van der Waals surface area contributed by atoms with Crippen LogP contribution in [0.2, 0.25) is 0 Å². The van der Waals surface area contributed by atoms with Crippen LogP contribution in [-0.2, 0) is 6.18 Å². The highest BCUT2D eigenvalue weighted by atomic mass is 19.4. The maximum Gasteiger partial charge on any atom is 0.416 e. The average molecular weight is 780 g/mol. The van der Waals surface area contributed by atoms with E-state index in [0.717, 1.165) is 71.9 Å². The molecule has 0 saturated carbocycles. The van der Waals surface area contributed by atoms with Crippen LogP contribution >= 0.6 is 0 Å². The molecule has 0 atom stereocenters. The van der Waals surface area contributed by atoms with Crippen molar-refractivity contribution in [3.63, 3.8) is 0 Å². The first-order valence-electron chi connectivity index (χ1n) is 19.1. The van der Waals surface area contributed by atoms with Crippen molar-refractivity contribution in [1.82, 2.24) is 9.13 Å². The SMILES string of the molecule is N#Cc1cccc(-c2ccc3c(c2)c2ccccc2n3-c2ccc(C(F)(F)F)cc2-c2cccc(C#N)c2-n2c3ccccc3c3cc(-c4cccc(C#N)c4)ccc32)c1. The van der Waals surface area contributed by atoms with Gasteiger partial charge in [-0.15, -0.1) is 0 Å². The zero-order valence-corrected chi connectivity index (χ0v) is 31.5. The lowest BCUT2D eigenvalue weighted by Gasteiger charge is -2.21. The number of nitrogens with zero attached hydrogens (tertiary/aromatic N) is 5. The first-order valence-corrected chi connectivity index (χ1v) is 19.1. The van der Waals surface area contributed by atoms with Crippen molar-refractivity contribution in [2.24, 2.45) is 0 Å². The Kier molecular flexibility index (Phi) is 8.35. The van der Waals surface area contributed by atoms with Gasteiger partial charge < -0.3 is 9.13 Å². The van der Waals surface area contributed by atoms with Gasteiger partial charge in [0.25, 0.3) is 0 Å². The summed E-state index contributed by atoms with van der Waals surface area (Å²) >= 11 is 0. The van der Waals surface area contributed by atoms with Crippen molar-refractivity contribution in [3.8, 4) is 63.0 Å². The highest BCUT2D eigenvalue weighted by Gasteiger charge is 2.32. The van der Waals surface area contributed by atoms with Gasteiger partial charge in [0.15, 0.2) is 0 Å². The molecule has 282 valence electrons. The Morgan fingerprint density at radius 1 is 0.400 bits per heavy atom. The lowest BCUT2D eigenvalue weighted by molar-refractivity contribution is -0.137. The molecule has 2 aromatic heterocycles. The number of hydrogen-bond acceptors (Lipinski definition) is 3. The minimum Gasteiger partial charge on any atom is -0.309 e. The Bertz CT molecular complexity index is 3530. The van der Waals surface area contributed by atoms with Gasteiger partial charge in [0, 0.05) is 32.7 Å². The van der Waals surface area contributed by atoms with Gasteiger partial charge in [0.05, 0.1) is 67.8 Å². The molecule has 0 aliphatic carbocycles. The van der Waals surface area contributed by atoms with Gasteiger partial charge in [-0.25, -0.2) is 0 Å². The first-order chi connectivity index (χ1) is 29.2. The first kappa shape index (κ1) is 36.0. The van der Waals surface area contributed by atoms with Crippen LogP contribution in [0.15, 0.2) is 170 Å². The number of alkyl halides is 3. The van der Waals surface area contributed by atoms with Crippen molar-refractivity contribution in [2.75, 3.05) is 0 Å². The smallest absolute Gasteiger partial charge is 0.309 e. The molecule has 10 aromatic rings. The predicted molar refractivity (Wildman–Crippen MR) is 231 cm³/mol. The lowest BCUT2D eigenvalue weighted by Crippen LogP contribution is -2.08. The van der Waals surface area contributed by atoms with Crippen molar-refractivity contribution in [1.29, 1.82) is 15.8 Å². The molecule has 0 N–H and O–H groups in total. The van der Waals surface area contributed by atoms with E-state index in [2.05, 4.69) is 30.3 Å². The molecule has 0 bridgehead atoms. The standard InChI is InChI=1S/C52H28F3N5/c53-52(54,55)39-20-23-49(59-46-16-3-1-13-40(46)43-26-36(18-21-48(43)59)34-10-5-8-32(24-34)29-56)45(28-39)42-15-7-12-38(31-58)51(42)60-47-17-4-2-14-41(47)44-27-37(19-22-50(44)60)35-11-6-9-33(25-35)30-57/h1-28H. The second kappa shape index (κ2) is 13.9. The molecule has 0 amide bonds. The molecular weight excluding hydrogens is 752 g/mol. The van der Waals surface area contributed by atoms with Crippen molar-refractivity contribution < 1.29 is 13.2 Å². The molecule has 0 spiro atoms. The van der Waals surface area contributed by atoms with E-state index in [1.54, 1.807) is 30.3 Å². The third kappa shape index (κ3) is 5.77. The third-order valence-electron chi connectivity index (χ3n) is 11.2. The molecule has 0 fully saturated rings. The van der Waals surface area contributed by atoms with Gasteiger partial charge in [-0.05, 0) is 107 Å². The molecule has 0 aliphatic rings. The monoisotopic (exact) mass is 779 g/mol. The summed E-state index contributed by atoms with van der Waals surface area (Å²) in [7, 11) is 0. The van der Waals surface area contributed by atoms with Crippen LogP contribution in [0.5, 0.6) is 0 Å². The minimum absolute atomic E-state index is 0.288. The van der Waals surface area contributed by atoms with Gasteiger partial charge in [0.2, 0.25) is 0 Å². The maximum absolute atomic E-state index is 14.8. The molecular formula is C52H28F3N5. The normalized spacial score (nSPS) is 11.5. The third-order valence-corrected chi connectivity index (χ3v) is 11.2. The van der Waals surface area contributed by atoms with Gasteiger partial charge in [0.1, 0.15) is 6.07 Å². The molecule has 8 heteroatoms. The molecule has 60 heavy (non-hydrogen) atoms. The number of hydrogen-bond donors (Lipinski definition) is 0. The molecule has 8 aromatic carbocycles. The van der Waals surface area contributed by atoms with Crippen LogP contribution in [0.25, 0.3) is 88.4 Å². The fraction of sp³-hybridized carbons (Fsp3) is 0.0192. The molecule has 0 radical (unpaired) electrons. The van der Waals surface area contributed by atoms with Gasteiger partial charge in [-0.2, -0.15) is 29.0 Å². The van der Waals surface area contributed by atoms with Crippen molar-refractivity contribution in [2.45, 2.75) is 6.18 Å². The van der Waals surface area contributed by atoms with Crippen LogP contribution in [0.1, 0.15) is 22.3 Å². The van der Waals surface area contributed by atoms with Crippen molar-refractivity contribution >= 4 is 43.6 Å². The van der Waals surface area contributed by atoms with Gasteiger partial charge in [-0.1, -0.05) is 84.9 Å². The second-order valence-corrected chi connectivity index (χ2v) is 14.6. The molecule has 0 saturated heterocycles. The number of aromatic nitrogens is 2. The summed E-state index contributed by atoms with van der Waals surface area (Å²) in [6, 6.07) is 58.1. The Morgan fingerprint density at radius 3 is 1.48 bits per heavy atom. The summed E-state index contributed by atoms with van der Waals surface area (Å²) in [5.41, 5.74) is 8.87. The zero-order chi connectivity index (χ0) is 41.1. The largest absolute Gasteiger partial charge is 0.416 e. The minimum atomic E-state index is -4.65. The number of fused-ring (bicyclic) bond motifs is 6. The van der Waals surface area contributed by atoms with E-state index in [9.17, 15) is 29.0 Å². The summed E-state index contributed by atoms with van der Waals surface area (Å²) in [5, 5.41) is 33.5. The summed E-state index contributed by atoms with van der Waals surface area (Å²) in [5.74, 6) is 0. The molecule has 0 aliphatic heterocycles. The van der Waals surface area contributed by atoms with Crippen LogP contribution < -0.4 is 0 Å². The molecule has 5 nitrogen and oxygen atoms in total. The zero-order valence-electron chi connectivity index (χ0n) is 31.5. The lowest BCUT2D eigenvalue weighted by atomic mass is 9.96. The number of halogens is 3. The number of benzene rings is 8. The van der Waals surface area contributed by atoms with Crippen LogP contribution in [0.3, 0.4) is 0 Å². The van der Waals surface area contributed by atoms with Crippen LogP contribution in [-0.4, -0.2) is 9.13 Å². The topological polar surface area (TPSA) is 81.2 Å². The Balaban J connectivity index is 1.26. The van der Waals surface area contributed by atoms with Crippen LogP contribution in [0, 0.1) is 34.0 Å². The highest BCUT2D eigenvalue weighted by molar-refractivity contribution is 6.13. The Morgan fingerprint density at radius 2 is 0.917 bits per heavy atom. The Hall–Kier alpha value is -8.38. The maximum atomic E-state index is 14.8. The van der Waals surface area contributed by atoms with Gasteiger partial charge in [-0.3, -0.25) is 0 Å². The van der Waals surface area contributed by atoms with E-state index < -0.39 is 11.7 Å². The number of rotatable bonds is 5. The average Bonchev–Trinajstić information content (AvgIpc) is 3.80. The van der Waals surface area contributed by atoms with E-state index in [-0.39, 0.29) is 5.56 Å². The van der Waals surface area contributed by atoms with Gasteiger partial charge >= 0.3 is 6.18 Å². The Labute approximate surface area is 341 Å². The van der Waals surface area contributed by atoms with E-state index in [4.69, 9.17) is 0 Å². The summed E-state index contributed by atoms with van der Waals surface area (Å²) in [4.78, 5) is 0. The predicted octanol–water partition coefficient (Wildman–Crippen LogP) is 13.5. The summed E-state index contributed by atoms with van der Waals surface area (Å²) in [6.07, 6.45) is -4.65. The number of nitriles is 3. The van der Waals surface area contributed by atoms with E-state index in [0.29, 0.717) is 33.6 Å². The van der Waals surface area contributed by atoms with E-state index >= 15 is 0 Å². The highest BCUT2D eigenvalue weighted by Crippen LogP contribution is 2.45. The molecule has 10 rings (SSSR count). The van der Waals surface area contributed by atoms with Crippen LogP contribution in [0.4, 0.5) is 13.2 Å². The van der Waals surface area contributed by atoms with Crippen molar-refractivity contribution in [3.05, 3.63) is 192 Å². The van der Waals surface area contributed by atoms with E-state index in [1.165, 1.54) is 12.1 Å². The summed E-state index contributed by atoms with van der Waals surface area (Å²) < 4.78 is 48.3.